The van der Waals surface area contributed by atoms with Gasteiger partial charge in [0.25, 0.3) is 5.91 Å². The monoisotopic (exact) mass is 424 g/mol. The Morgan fingerprint density at radius 2 is 1.57 bits per heavy atom. The third-order valence-corrected chi connectivity index (χ3v) is 4.27. The smallest absolute Gasteiger partial charge is 0.450 e. The summed E-state index contributed by atoms with van der Waals surface area (Å²) in [7, 11) is 3.94. The number of hydrogen-bond donors (Lipinski definition) is 1. The van der Waals surface area contributed by atoms with Crippen LogP contribution in [0.25, 0.3) is 11.0 Å². The van der Waals surface area contributed by atoms with E-state index in [1.165, 1.54) is 33.5 Å². The first-order chi connectivity index (χ1) is 14.1. The number of hydrogen-bond acceptors (Lipinski definition) is 6. The van der Waals surface area contributed by atoms with Gasteiger partial charge in [-0.3, -0.25) is 9.36 Å². The SMILES string of the molecule is COc1cc(C(=O)n2c(C(F)(F)F)nc3cc(C(=O)O)ccc32)cc(OC)c1OC. The number of rotatable bonds is 5. The van der Waals surface area contributed by atoms with Crippen molar-refractivity contribution in [2.75, 3.05) is 21.3 Å². The van der Waals surface area contributed by atoms with Crippen LogP contribution in [0.5, 0.6) is 17.2 Å². The second-order valence-electron chi connectivity index (χ2n) is 6.00. The maximum absolute atomic E-state index is 13.6. The molecule has 0 aliphatic rings. The molecule has 1 N–H and O–H groups in total. The fraction of sp³-hybridized carbons (Fsp3) is 0.211. The van der Waals surface area contributed by atoms with E-state index in [0.717, 1.165) is 18.2 Å². The molecule has 0 amide bonds. The van der Waals surface area contributed by atoms with Crippen LogP contribution in [0.4, 0.5) is 13.2 Å². The molecule has 0 aliphatic heterocycles. The van der Waals surface area contributed by atoms with Gasteiger partial charge in [-0.1, -0.05) is 0 Å². The molecule has 158 valence electrons. The summed E-state index contributed by atoms with van der Waals surface area (Å²) in [5, 5.41) is 9.07. The van der Waals surface area contributed by atoms with Gasteiger partial charge in [0.05, 0.1) is 37.9 Å². The summed E-state index contributed by atoms with van der Waals surface area (Å²) in [6.07, 6.45) is -4.97. The molecule has 0 saturated carbocycles. The zero-order chi connectivity index (χ0) is 22.2. The van der Waals surface area contributed by atoms with Crippen molar-refractivity contribution < 1.29 is 42.1 Å². The molecule has 0 unspecified atom stereocenters. The Kier molecular flexibility index (Phi) is 5.29. The number of aromatic carboxylic acids is 1. The van der Waals surface area contributed by atoms with E-state index in [-0.39, 0.29) is 39.4 Å². The highest BCUT2D eigenvalue weighted by atomic mass is 19.4. The van der Waals surface area contributed by atoms with Crippen LogP contribution in [0, 0.1) is 0 Å². The lowest BCUT2D eigenvalue weighted by Crippen LogP contribution is -2.21. The van der Waals surface area contributed by atoms with Crippen LogP contribution < -0.4 is 14.2 Å². The van der Waals surface area contributed by atoms with Crippen LogP contribution >= 0.6 is 0 Å². The van der Waals surface area contributed by atoms with Crippen LogP contribution in [0.1, 0.15) is 26.5 Å². The number of halogens is 3. The van der Waals surface area contributed by atoms with E-state index >= 15 is 0 Å². The molecule has 0 saturated heterocycles. The van der Waals surface area contributed by atoms with Crippen LogP contribution in [-0.4, -0.2) is 47.9 Å². The number of carboxylic acids is 1. The van der Waals surface area contributed by atoms with Gasteiger partial charge < -0.3 is 19.3 Å². The van der Waals surface area contributed by atoms with Gasteiger partial charge in [0, 0.05) is 5.56 Å². The minimum atomic E-state index is -4.97. The third-order valence-electron chi connectivity index (χ3n) is 4.27. The first-order valence-corrected chi connectivity index (χ1v) is 8.30. The molecular formula is C19H15F3N2O6. The lowest BCUT2D eigenvalue weighted by atomic mass is 10.1. The predicted molar refractivity (Wildman–Crippen MR) is 97.5 cm³/mol. The maximum atomic E-state index is 13.6. The largest absolute Gasteiger partial charge is 0.493 e. The van der Waals surface area contributed by atoms with Gasteiger partial charge in [0.15, 0.2) is 11.5 Å². The summed E-state index contributed by atoms with van der Waals surface area (Å²) < 4.78 is 56.6. The molecule has 11 heteroatoms. The van der Waals surface area contributed by atoms with E-state index < -0.39 is 23.9 Å². The van der Waals surface area contributed by atoms with Crippen molar-refractivity contribution in [3.63, 3.8) is 0 Å². The number of ether oxygens (including phenoxy) is 3. The molecule has 1 heterocycles. The van der Waals surface area contributed by atoms with E-state index in [4.69, 9.17) is 19.3 Å². The molecule has 1 aromatic heterocycles. The summed E-state index contributed by atoms with van der Waals surface area (Å²) in [5.41, 5.74) is -0.938. The van der Waals surface area contributed by atoms with E-state index in [0.29, 0.717) is 4.57 Å². The lowest BCUT2D eigenvalue weighted by molar-refractivity contribution is -0.145. The Balaban J connectivity index is 2.28. The molecule has 30 heavy (non-hydrogen) atoms. The number of carbonyl (C=O) groups excluding carboxylic acids is 1. The zero-order valence-corrected chi connectivity index (χ0v) is 15.9. The zero-order valence-electron chi connectivity index (χ0n) is 15.9. The highest BCUT2D eigenvalue weighted by Gasteiger charge is 2.40. The van der Waals surface area contributed by atoms with Crippen molar-refractivity contribution in [1.82, 2.24) is 9.55 Å². The second-order valence-corrected chi connectivity index (χ2v) is 6.00. The fourth-order valence-corrected chi connectivity index (χ4v) is 2.94. The molecule has 2 aromatic carbocycles. The fourth-order valence-electron chi connectivity index (χ4n) is 2.94. The van der Waals surface area contributed by atoms with Crippen molar-refractivity contribution in [2.24, 2.45) is 0 Å². The van der Waals surface area contributed by atoms with E-state index in [1.807, 2.05) is 0 Å². The van der Waals surface area contributed by atoms with Crippen LogP contribution in [0.15, 0.2) is 30.3 Å². The standard InChI is InChI=1S/C19H15F3N2O6/c1-28-13-7-10(8-14(29-2)15(13)30-3)16(25)24-12-5-4-9(17(26)27)6-11(12)23-18(24)19(20,21)22/h4-8H,1-3H3,(H,26,27). The predicted octanol–water partition coefficient (Wildman–Crippen LogP) is 3.47. The summed E-state index contributed by atoms with van der Waals surface area (Å²) in [5.74, 6) is -3.58. The van der Waals surface area contributed by atoms with E-state index in [1.54, 1.807) is 0 Å². The average molecular weight is 424 g/mol. The van der Waals surface area contributed by atoms with Gasteiger partial charge in [-0.2, -0.15) is 13.2 Å². The van der Waals surface area contributed by atoms with Crippen molar-refractivity contribution in [3.8, 4) is 17.2 Å². The van der Waals surface area contributed by atoms with Gasteiger partial charge in [0.1, 0.15) is 0 Å². The first kappa shape index (κ1) is 21.0. The van der Waals surface area contributed by atoms with Crippen molar-refractivity contribution in [1.29, 1.82) is 0 Å². The van der Waals surface area contributed by atoms with Gasteiger partial charge >= 0.3 is 12.1 Å². The summed E-state index contributed by atoms with van der Waals surface area (Å²) in [6, 6.07) is 5.57. The molecule has 3 rings (SSSR count). The minimum absolute atomic E-state index is 0.0753. The number of imidazole rings is 1. The van der Waals surface area contributed by atoms with Crippen LogP contribution in [0.2, 0.25) is 0 Å². The highest BCUT2D eigenvalue weighted by Crippen LogP contribution is 2.39. The molecule has 3 aromatic rings. The Bertz CT molecular complexity index is 1130. The number of carbonyl (C=O) groups is 2. The Hall–Kier alpha value is -3.76. The van der Waals surface area contributed by atoms with E-state index in [9.17, 15) is 22.8 Å². The highest BCUT2D eigenvalue weighted by molar-refractivity contribution is 6.03. The van der Waals surface area contributed by atoms with Crippen LogP contribution in [-0.2, 0) is 6.18 Å². The van der Waals surface area contributed by atoms with E-state index in [2.05, 4.69) is 4.98 Å². The number of carboxylic acid groups (broad SMARTS) is 1. The second kappa shape index (κ2) is 7.58. The maximum Gasteiger partial charge on any atom is 0.450 e. The number of nitrogens with zero attached hydrogens (tertiary/aromatic N) is 2. The van der Waals surface area contributed by atoms with Crippen molar-refractivity contribution >= 4 is 22.9 Å². The van der Waals surface area contributed by atoms with Gasteiger partial charge in [-0.15, -0.1) is 0 Å². The molecular weight excluding hydrogens is 409 g/mol. The molecule has 0 atom stereocenters. The number of methoxy groups -OCH3 is 3. The van der Waals surface area contributed by atoms with Gasteiger partial charge in [0.2, 0.25) is 11.6 Å². The molecule has 0 fully saturated rings. The number of benzene rings is 2. The number of fused-ring (bicyclic) bond motifs is 1. The summed E-state index contributed by atoms with van der Waals surface area (Å²) in [4.78, 5) is 27.7. The number of alkyl halides is 3. The summed E-state index contributed by atoms with van der Waals surface area (Å²) >= 11 is 0. The average Bonchev–Trinajstić information content (AvgIpc) is 3.11. The van der Waals surface area contributed by atoms with Gasteiger partial charge in [-0.25, -0.2) is 9.78 Å². The topological polar surface area (TPSA) is 99.9 Å². The Morgan fingerprint density at radius 1 is 0.967 bits per heavy atom. The third kappa shape index (κ3) is 3.49. The normalized spacial score (nSPS) is 11.4. The number of aromatic nitrogens is 2. The molecule has 0 bridgehead atoms. The van der Waals surface area contributed by atoms with Crippen LogP contribution in [0.3, 0.4) is 0 Å². The molecule has 8 nitrogen and oxygen atoms in total. The summed E-state index contributed by atoms with van der Waals surface area (Å²) in [6.45, 7) is 0. The van der Waals surface area contributed by atoms with Crippen molar-refractivity contribution in [3.05, 3.63) is 47.3 Å². The quantitative estimate of drug-likeness (QED) is 0.670. The Labute approximate surface area is 167 Å². The van der Waals surface area contributed by atoms with Crippen molar-refractivity contribution in [2.45, 2.75) is 6.18 Å². The molecule has 0 aliphatic carbocycles. The first-order valence-electron chi connectivity index (χ1n) is 8.30. The lowest BCUT2D eigenvalue weighted by Gasteiger charge is -2.15. The molecule has 0 radical (unpaired) electrons. The van der Waals surface area contributed by atoms with Gasteiger partial charge in [-0.05, 0) is 30.3 Å². The Morgan fingerprint density at radius 3 is 2.03 bits per heavy atom. The minimum Gasteiger partial charge on any atom is -0.493 e. The molecule has 0 spiro atoms.